The molecule has 1 aromatic heterocycles. The van der Waals surface area contributed by atoms with Crippen molar-refractivity contribution in [1.82, 2.24) is 14.8 Å². The van der Waals surface area contributed by atoms with Crippen molar-refractivity contribution < 1.29 is 9.66 Å². The number of nitro groups is 1. The summed E-state index contributed by atoms with van der Waals surface area (Å²) in [6.07, 6.45) is 2.34. The second-order valence-corrected chi connectivity index (χ2v) is 4.49. The summed E-state index contributed by atoms with van der Waals surface area (Å²) in [6, 6.07) is 4.18. The van der Waals surface area contributed by atoms with E-state index in [4.69, 9.17) is 16.3 Å². The molecule has 0 aliphatic heterocycles. The van der Waals surface area contributed by atoms with Crippen LogP contribution in [-0.4, -0.2) is 19.7 Å². The van der Waals surface area contributed by atoms with Crippen LogP contribution in [0, 0.1) is 10.1 Å². The van der Waals surface area contributed by atoms with Crippen LogP contribution in [0.4, 0.5) is 5.69 Å². The molecule has 0 spiro atoms. The van der Waals surface area contributed by atoms with Crippen LogP contribution in [0.15, 0.2) is 24.5 Å². The molecule has 0 amide bonds. The van der Waals surface area contributed by atoms with Gasteiger partial charge in [0.2, 0.25) is 0 Å². The maximum Gasteiger partial charge on any atom is 0.311 e. The summed E-state index contributed by atoms with van der Waals surface area (Å²) in [6.45, 7) is 2.84. The van der Waals surface area contributed by atoms with E-state index >= 15 is 0 Å². The van der Waals surface area contributed by atoms with E-state index in [0.717, 1.165) is 13.0 Å². The summed E-state index contributed by atoms with van der Waals surface area (Å²) in [5, 5.41) is 15.3. The van der Waals surface area contributed by atoms with Crippen molar-refractivity contribution in [3.05, 3.63) is 45.5 Å². The third-order valence-electron chi connectivity index (χ3n) is 2.61. The minimum atomic E-state index is -0.511. The molecule has 2 rings (SSSR count). The zero-order chi connectivity index (χ0) is 14.5. The van der Waals surface area contributed by atoms with Gasteiger partial charge in [-0.3, -0.25) is 10.1 Å². The van der Waals surface area contributed by atoms with Crippen molar-refractivity contribution in [3.63, 3.8) is 0 Å². The van der Waals surface area contributed by atoms with Crippen molar-refractivity contribution in [1.29, 1.82) is 0 Å². The maximum atomic E-state index is 10.9. The first-order valence-electron chi connectivity index (χ1n) is 6.05. The molecule has 0 unspecified atom stereocenters. The molecule has 0 saturated heterocycles. The Hall–Kier alpha value is -2.15. The van der Waals surface area contributed by atoms with Crippen LogP contribution in [0.25, 0.3) is 0 Å². The molecule has 20 heavy (non-hydrogen) atoms. The van der Waals surface area contributed by atoms with E-state index in [-0.39, 0.29) is 18.0 Å². The molecule has 106 valence electrons. The number of hydrogen-bond acceptors (Lipinski definition) is 5. The lowest BCUT2D eigenvalue weighted by Crippen LogP contribution is -2.09. The first-order valence-corrected chi connectivity index (χ1v) is 6.43. The molecule has 0 N–H and O–H groups in total. The first-order chi connectivity index (χ1) is 9.61. The molecule has 0 atom stereocenters. The zero-order valence-corrected chi connectivity index (χ0v) is 11.6. The summed E-state index contributed by atoms with van der Waals surface area (Å²) in [5.74, 6) is 0.731. The molecule has 0 saturated carbocycles. The Morgan fingerprint density at radius 1 is 1.50 bits per heavy atom. The number of aryl methyl sites for hydroxylation is 1. The third-order valence-corrected chi connectivity index (χ3v) is 2.84. The lowest BCUT2D eigenvalue weighted by molar-refractivity contribution is -0.385. The second-order valence-electron chi connectivity index (χ2n) is 4.06. The fraction of sp³-hybridized carbons (Fsp3) is 0.333. The van der Waals surface area contributed by atoms with E-state index in [2.05, 4.69) is 10.1 Å². The number of rotatable bonds is 6. The van der Waals surface area contributed by atoms with Gasteiger partial charge in [-0.25, -0.2) is 9.67 Å². The van der Waals surface area contributed by atoms with Gasteiger partial charge >= 0.3 is 5.69 Å². The Balaban J connectivity index is 2.16. The number of aromatic nitrogens is 3. The van der Waals surface area contributed by atoms with Gasteiger partial charge in [0.1, 0.15) is 12.9 Å². The van der Waals surface area contributed by atoms with E-state index in [9.17, 15) is 10.1 Å². The molecular weight excluding hydrogens is 284 g/mol. The Bertz CT molecular complexity index is 614. The fourth-order valence-corrected chi connectivity index (χ4v) is 1.86. The monoisotopic (exact) mass is 296 g/mol. The van der Waals surface area contributed by atoms with Crippen molar-refractivity contribution in [2.75, 3.05) is 0 Å². The normalized spacial score (nSPS) is 10.5. The van der Waals surface area contributed by atoms with Gasteiger partial charge in [0.05, 0.1) is 4.92 Å². The summed E-state index contributed by atoms with van der Waals surface area (Å²) < 4.78 is 7.17. The molecule has 1 aromatic carbocycles. The number of nitrogens with zero attached hydrogens (tertiary/aromatic N) is 4. The summed E-state index contributed by atoms with van der Waals surface area (Å²) in [7, 11) is 0. The first kappa shape index (κ1) is 14.3. The highest BCUT2D eigenvalue weighted by Crippen LogP contribution is 2.30. The number of hydrogen-bond donors (Lipinski definition) is 0. The van der Waals surface area contributed by atoms with Crippen molar-refractivity contribution in [2.24, 2.45) is 0 Å². The lowest BCUT2D eigenvalue weighted by atomic mass is 10.3. The highest BCUT2D eigenvalue weighted by atomic mass is 35.5. The maximum absolute atomic E-state index is 10.9. The van der Waals surface area contributed by atoms with Crippen LogP contribution < -0.4 is 4.74 Å². The molecule has 0 radical (unpaired) electrons. The van der Waals surface area contributed by atoms with Crippen LogP contribution >= 0.6 is 11.6 Å². The Morgan fingerprint density at radius 2 is 2.30 bits per heavy atom. The van der Waals surface area contributed by atoms with Crippen LogP contribution in [0.1, 0.15) is 19.2 Å². The van der Waals surface area contributed by atoms with Gasteiger partial charge in [-0.15, -0.1) is 0 Å². The van der Waals surface area contributed by atoms with Gasteiger partial charge in [-0.2, -0.15) is 5.10 Å². The minimum absolute atomic E-state index is 0.0984. The Kier molecular flexibility index (Phi) is 4.52. The number of halogens is 1. The van der Waals surface area contributed by atoms with Gasteiger partial charge in [0, 0.05) is 23.7 Å². The van der Waals surface area contributed by atoms with E-state index in [1.165, 1.54) is 24.5 Å². The highest BCUT2D eigenvalue weighted by Gasteiger charge is 2.16. The zero-order valence-electron chi connectivity index (χ0n) is 10.8. The minimum Gasteiger partial charge on any atom is -0.479 e. The fourth-order valence-electron chi connectivity index (χ4n) is 1.70. The largest absolute Gasteiger partial charge is 0.479 e. The number of ether oxygens (including phenoxy) is 1. The summed E-state index contributed by atoms with van der Waals surface area (Å²) in [4.78, 5) is 14.5. The predicted molar refractivity (Wildman–Crippen MR) is 72.8 cm³/mol. The topological polar surface area (TPSA) is 83.1 Å². The molecule has 0 fully saturated rings. The lowest BCUT2D eigenvalue weighted by Gasteiger charge is -2.08. The second kappa shape index (κ2) is 6.33. The SMILES string of the molecule is CCCn1ncnc1COc1cc(Cl)ccc1[N+](=O)[O-]. The van der Waals surface area contributed by atoms with Crippen LogP contribution in [0.3, 0.4) is 0 Å². The quantitative estimate of drug-likeness (QED) is 0.604. The predicted octanol–water partition coefficient (Wildman–Crippen LogP) is 2.83. The average molecular weight is 297 g/mol. The van der Waals surface area contributed by atoms with Crippen LogP contribution in [0.5, 0.6) is 5.75 Å². The molecule has 8 heteroatoms. The van der Waals surface area contributed by atoms with E-state index < -0.39 is 4.92 Å². The van der Waals surface area contributed by atoms with E-state index in [1.54, 1.807) is 4.68 Å². The van der Waals surface area contributed by atoms with Gasteiger partial charge in [0.25, 0.3) is 0 Å². The molecule has 0 bridgehead atoms. The smallest absolute Gasteiger partial charge is 0.311 e. The standard InChI is InChI=1S/C12H13ClN4O3/c1-2-5-16-12(14-8-15-16)7-20-11-6-9(13)3-4-10(11)17(18)19/h3-4,6,8H,2,5,7H2,1H3. The van der Waals surface area contributed by atoms with Gasteiger partial charge in [-0.1, -0.05) is 18.5 Å². The molecule has 0 aliphatic rings. The van der Waals surface area contributed by atoms with Crippen molar-refractivity contribution >= 4 is 17.3 Å². The van der Waals surface area contributed by atoms with Crippen LogP contribution in [0.2, 0.25) is 5.02 Å². The Morgan fingerprint density at radius 3 is 3.00 bits per heavy atom. The summed E-state index contributed by atoms with van der Waals surface area (Å²) in [5.41, 5.74) is -0.129. The molecular formula is C12H13ClN4O3. The van der Waals surface area contributed by atoms with E-state index in [1.807, 2.05) is 6.92 Å². The van der Waals surface area contributed by atoms with Crippen molar-refractivity contribution in [3.8, 4) is 5.75 Å². The molecule has 0 aliphatic carbocycles. The average Bonchev–Trinajstić information content (AvgIpc) is 2.84. The number of benzene rings is 1. The van der Waals surface area contributed by atoms with Gasteiger partial charge in [-0.05, 0) is 12.5 Å². The van der Waals surface area contributed by atoms with Crippen LogP contribution in [-0.2, 0) is 13.2 Å². The van der Waals surface area contributed by atoms with Crippen molar-refractivity contribution in [2.45, 2.75) is 26.5 Å². The van der Waals surface area contributed by atoms with Gasteiger partial charge < -0.3 is 4.74 Å². The van der Waals surface area contributed by atoms with Gasteiger partial charge in [0.15, 0.2) is 11.6 Å². The third kappa shape index (κ3) is 3.24. The Labute approximate surface area is 120 Å². The molecule has 1 heterocycles. The number of nitro benzene ring substituents is 1. The highest BCUT2D eigenvalue weighted by molar-refractivity contribution is 6.30. The molecule has 2 aromatic rings. The molecule has 7 nitrogen and oxygen atoms in total. The van der Waals surface area contributed by atoms with E-state index in [0.29, 0.717) is 10.8 Å². The summed E-state index contributed by atoms with van der Waals surface area (Å²) >= 11 is 5.83.